The number of rotatable bonds is 4. The van der Waals surface area contributed by atoms with Crippen molar-refractivity contribution in [3.63, 3.8) is 0 Å². The molecule has 1 heterocycles. The topological polar surface area (TPSA) is 47.6 Å². The Bertz CT molecular complexity index is 422. The number of hydrogen-bond donors (Lipinski definition) is 1. The Kier molecular flexibility index (Phi) is 3.89. The lowest BCUT2D eigenvalue weighted by Gasteiger charge is -2.12. The number of alkyl halides is 1. The van der Waals surface area contributed by atoms with Crippen LogP contribution in [0.25, 0.3) is 0 Å². The number of halogens is 1. The van der Waals surface area contributed by atoms with Crippen LogP contribution in [0.15, 0.2) is 18.2 Å². The summed E-state index contributed by atoms with van der Waals surface area (Å²) >= 11 is 3.35. The predicted octanol–water partition coefficient (Wildman–Crippen LogP) is 2.32. The average molecular weight is 300 g/mol. The van der Waals surface area contributed by atoms with Crippen LogP contribution in [0.5, 0.6) is 11.5 Å². The van der Waals surface area contributed by atoms with Gasteiger partial charge in [0.2, 0.25) is 6.79 Å². The fraction of sp³-hybridized carbons (Fsp3) is 0.417. The van der Waals surface area contributed by atoms with Crippen molar-refractivity contribution < 1.29 is 14.3 Å². The van der Waals surface area contributed by atoms with Crippen LogP contribution in [0, 0.1) is 0 Å². The van der Waals surface area contributed by atoms with Crippen LogP contribution in [-0.4, -0.2) is 24.1 Å². The second-order valence-electron chi connectivity index (χ2n) is 3.92. The molecule has 1 atom stereocenters. The number of carbonyl (C=O) groups excluding carboxylic acids is 1. The lowest BCUT2D eigenvalue weighted by Crippen LogP contribution is -2.32. The number of amides is 1. The number of ether oxygens (including phenoxy) is 2. The Morgan fingerprint density at radius 2 is 2.24 bits per heavy atom. The van der Waals surface area contributed by atoms with Gasteiger partial charge in [-0.1, -0.05) is 15.9 Å². The maximum absolute atomic E-state index is 11.9. The summed E-state index contributed by atoms with van der Waals surface area (Å²) in [5.74, 6) is 1.23. The Hall–Kier alpha value is -1.23. The van der Waals surface area contributed by atoms with Gasteiger partial charge in [0.15, 0.2) is 11.5 Å². The van der Waals surface area contributed by atoms with E-state index in [1.165, 1.54) is 0 Å². The highest BCUT2D eigenvalue weighted by Crippen LogP contribution is 2.32. The molecule has 0 saturated carbocycles. The minimum Gasteiger partial charge on any atom is -0.454 e. The maximum atomic E-state index is 11.9. The van der Waals surface area contributed by atoms with Gasteiger partial charge >= 0.3 is 0 Å². The summed E-state index contributed by atoms with van der Waals surface area (Å²) in [5.41, 5.74) is 0.593. The van der Waals surface area contributed by atoms with Crippen molar-refractivity contribution in [1.82, 2.24) is 5.32 Å². The van der Waals surface area contributed by atoms with Gasteiger partial charge in [0.1, 0.15) is 0 Å². The minimum atomic E-state index is -0.0863. The van der Waals surface area contributed by atoms with Crippen LogP contribution in [0.2, 0.25) is 0 Å². The van der Waals surface area contributed by atoms with E-state index >= 15 is 0 Å². The highest BCUT2D eigenvalue weighted by molar-refractivity contribution is 9.09. The molecule has 0 radical (unpaired) electrons. The first kappa shape index (κ1) is 12.2. The van der Waals surface area contributed by atoms with Crippen molar-refractivity contribution in [3.8, 4) is 11.5 Å². The molecule has 1 N–H and O–H groups in total. The van der Waals surface area contributed by atoms with Crippen molar-refractivity contribution in [2.24, 2.45) is 0 Å². The Morgan fingerprint density at radius 1 is 1.47 bits per heavy atom. The van der Waals surface area contributed by atoms with Crippen LogP contribution < -0.4 is 14.8 Å². The summed E-state index contributed by atoms with van der Waals surface area (Å²) in [6.07, 6.45) is 0.899. The van der Waals surface area contributed by atoms with Crippen LogP contribution in [0.1, 0.15) is 23.7 Å². The third-order valence-electron chi connectivity index (χ3n) is 2.55. The molecule has 1 aromatic rings. The molecule has 4 nitrogen and oxygen atoms in total. The van der Waals surface area contributed by atoms with E-state index in [1.54, 1.807) is 18.2 Å². The third-order valence-corrected chi connectivity index (χ3v) is 3.01. The number of carbonyl (C=O) groups is 1. The number of nitrogens with one attached hydrogen (secondary N) is 1. The van der Waals surface area contributed by atoms with Crippen molar-refractivity contribution in [2.45, 2.75) is 19.4 Å². The van der Waals surface area contributed by atoms with Gasteiger partial charge in [-0.25, -0.2) is 0 Å². The van der Waals surface area contributed by atoms with Gasteiger partial charge in [0, 0.05) is 16.9 Å². The molecule has 0 saturated heterocycles. The van der Waals surface area contributed by atoms with Crippen LogP contribution in [-0.2, 0) is 0 Å². The fourth-order valence-corrected chi connectivity index (χ4v) is 2.27. The summed E-state index contributed by atoms with van der Waals surface area (Å²) in [6, 6.07) is 5.35. The van der Waals surface area contributed by atoms with Gasteiger partial charge in [-0.2, -0.15) is 0 Å². The molecule has 1 aliphatic rings. The summed E-state index contributed by atoms with van der Waals surface area (Å²) < 4.78 is 10.4. The van der Waals surface area contributed by atoms with Gasteiger partial charge in [-0.15, -0.1) is 0 Å². The quantitative estimate of drug-likeness (QED) is 0.868. The first-order valence-corrected chi connectivity index (χ1v) is 6.59. The molecule has 0 bridgehead atoms. The molecule has 5 heteroatoms. The van der Waals surface area contributed by atoms with Crippen LogP contribution in [0.4, 0.5) is 0 Å². The zero-order valence-electron chi connectivity index (χ0n) is 9.53. The molecule has 2 rings (SSSR count). The van der Waals surface area contributed by atoms with Crippen molar-refractivity contribution >= 4 is 21.8 Å². The molecule has 0 spiro atoms. The van der Waals surface area contributed by atoms with Crippen molar-refractivity contribution in [3.05, 3.63) is 23.8 Å². The first-order valence-electron chi connectivity index (χ1n) is 5.47. The lowest BCUT2D eigenvalue weighted by molar-refractivity contribution is 0.0939. The molecule has 1 amide bonds. The van der Waals surface area contributed by atoms with Crippen molar-refractivity contribution in [2.75, 3.05) is 12.1 Å². The van der Waals surface area contributed by atoms with Crippen LogP contribution in [0.3, 0.4) is 0 Å². The number of fused-ring (bicyclic) bond motifs is 1. The van der Waals surface area contributed by atoms with Crippen molar-refractivity contribution in [1.29, 1.82) is 0 Å². The Balaban J connectivity index is 2.04. The summed E-state index contributed by atoms with van der Waals surface area (Å²) in [6.45, 7) is 2.20. The van der Waals surface area contributed by atoms with E-state index in [0.29, 0.717) is 17.1 Å². The zero-order chi connectivity index (χ0) is 12.3. The van der Waals surface area contributed by atoms with Gasteiger partial charge in [-0.3, -0.25) is 4.79 Å². The first-order chi connectivity index (χ1) is 8.20. The summed E-state index contributed by atoms with van der Waals surface area (Å²) in [7, 11) is 0. The maximum Gasteiger partial charge on any atom is 0.251 e. The SMILES string of the molecule is CC(CCBr)NC(=O)c1ccc2c(c1)OCO2. The zero-order valence-corrected chi connectivity index (χ0v) is 11.1. The Morgan fingerprint density at radius 3 is 3.00 bits per heavy atom. The molecule has 17 heavy (non-hydrogen) atoms. The third kappa shape index (κ3) is 2.91. The molecule has 1 unspecified atom stereocenters. The van der Waals surface area contributed by atoms with E-state index in [9.17, 15) is 4.79 Å². The number of benzene rings is 1. The van der Waals surface area contributed by atoms with Gasteiger partial charge in [0.25, 0.3) is 5.91 Å². The van der Waals surface area contributed by atoms with Gasteiger partial charge in [-0.05, 0) is 31.5 Å². The van der Waals surface area contributed by atoms with E-state index in [-0.39, 0.29) is 18.7 Å². The molecule has 1 aromatic carbocycles. The second kappa shape index (κ2) is 5.40. The van der Waals surface area contributed by atoms with E-state index < -0.39 is 0 Å². The van der Waals surface area contributed by atoms with E-state index in [0.717, 1.165) is 11.8 Å². The fourth-order valence-electron chi connectivity index (χ4n) is 1.58. The van der Waals surface area contributed by atoms with E-state index in [1.807, 2.05) is 6.92 Å². The monoisotopic (exact) mass is 299 g/mol. The van der Waals surface area contributed by atoms with E-state index in [4.69, 9.17) is 9.47 Å². The summed E-state index contributed by atoms with van der Waals surface area (Å²) in [4.78, 5) is 11.9. The highest BCUT2D eigenvalue weighted by atomic mass is 79.9. The molecular formula is C12H14BrNO3. The minimum absolute atomic E-state index is 0.0863. The largest absolute Gasteiger partial charge is 0.454 e. The van der Waals surface area contributed by atoms with Gasteiger partial charge in [0.05, 0.1) is 0 Å². The standard InChI is InChI=1S/C12H14BrNO3/c1-8(4-5-13)14-12(15)9-2-3-10-11(6-9)17-7-16-10/h2-3,6,8H,4-5,7H2,1H3,(H,14,15). The normalized spacial score (nSPS) is 14.5. The molecule has 0 fully saturated rings. The molecular weight excluding hydrogens is 286 g/mol. The summed E-state index contributed by atoms with van der Waals surface area (Å²) in [5, 5.41) is 3.79. The van der Waals surface area contributed by atoms with Crippen LogP contribution >= 0.6 is 15.9 Å². The molecule has 1 aliphatic heterocycles. The predicted molar refractivity (Wildman–Crippen MR) is 67.9 cm³/mol. The average Bonchev–Trinajstić information content (AvgIpc) is 2.75. The number of hydrogen-bond acceptors (Lipinski definition) is 3. The second-order valence-corrected chi connectivity index (χ2v) is 4.71. The van der Waals surface area contributed by atoms with Gasteiger partial charge < -0.3 is 14.8 Å². The molecule has 92 valence electrons. The lowest BCUT2D eigenvalue weighted by atomic mass is 10.1. The molecule has 0 aliphatic carbocycles. The van der Waals surface area contributed by atoms with E-state index in [2.05, 4.69) is 21.2 Å². The Labute approximate surface area is 108 Å². The smallest absolute Gasteiger partial charge is 0.251 e. The highest BCUT2D eigenvalue weighted by Gasteiger charge is 2.16. The molecule has 0 aromatic heterocycles.